The highest BCUT2D eigenvalue weighted by atomic mass is 35.5. The molecule has 0 unspecified atom stereocenters. The Morgan fingerprint density at radius 1 is 1.37 bits per heavy atom. The minimum absolute atomic E-state index is 0.0116. The van der Waals surface area contributed by atoms with E-state index in [4.69, 9.17) is 16.0 Å². The number of hydrogen-bond acceptors (Lipinski definition) is 5. The van der Waals surface area contributed by atoms with Gasteiger partial charge in [-0.2, -0.15) is 0 Å². The summed E-state index contributed by atoms with van der Waals surface area (Å²) in [6, 6.07) is 2.53. The summed E-state index contributed by atoms with van der Waals surface area (Å²) < 4.78 is 4.91. The molecule has 0 N–H and O–H groups in total. The zero-order valence-electron chi connectivity index (χ0n) is 10.2. The van der Waals surface area contributed by atoms with Crippen LogP contribution in [0.4, 0.5) is 5.88 Å². The Hall–Kier alpha value is -1.60. The van der Waals surface area contributed by atoms with Crippen molar-refractivity contribution in [3.63, 3.8) is 0 Å². The fourth-order valence-corrected chi connectivity index (χ4v) is 2.23. The normalized spacial score (nSPS) is 16.6. The highest BCUT2D eigenvalue weighted by Crippen LogP contribution is 2.18. The molecule has 2 rings (SSSR count). The van der Waals surface area contributed by atoms with Crippen LogP contribution in [0.3, 0.4) is 0 Å². The topological polar surface area (TPSA) is 79.8 Å². The van der Waals surface area contributed by atoms with Gasteiger partial charge in [0, 0.05) is 38.6 Å². The summed E-state index contributed by atoms with van der Waals surface area (Å²) in [5.41, 5.74) is 0. The van der Waals surface area contributed by atoms with Gasteiger partial charge in [0.15, 0.2) is 5.76 Å². The summed E-state index contributed by atoms with van der Waals surface area (Å²) in [7, 11) is 0. The molecule has 19 heavy (non-hydrogen) atoms. The number of rotatable bonds is 4. The van der Waals surface area contributed by atoms with Crippen molar-refractivity contribution in [2.45, 2.75) is 0 Å². The molecule has 1 aromatic rings. The van der Waals surface area contributed by atoms with Gasteiger partial charge in [-0.05, 0) is 6.07 Å². The Labute approximate surface area is 114 Å². The van der Waals surface area contributed by atoms with Crippen LogP contribution in [0.2, 0.25) is 0 Å². The van der Waals surface area contributed by atoms with Crippen LogP contribution in [0.25, 0.3) is 0 Å². The zero-order chi connectivity index (χ0) is 13.8. The van der Waals surface area contributed by atoms with Gasteiger partial charge in [0.05, 0.1) is 6.07 Å². The van der Waals surface area contributed by atoms with E-state index in [1.807, 2.05) is 0 Å². The molecule has 2 heterocycles. The number of amides is 1. The summed E-state index contributed by atoms with van der Waals surface area (Å²) in [5, 5.41) is 10.5. The Bertz CT molecular complexity index is 468. The molecule has 0 aliphatic carbocycles. The van der Waals surface area contributed by atoms with Crippen LogP contribution in [0, 0.1) is 10.1 Å². The Morgan fingerprint density at radius 3 is 2.58 bits per heavy atom. The van der Waals surface area contributed by atoms with Crippen molar-refractivity contribution in [2.24, 2.45) is 0 Å². The summed E-state index contributed by atoms with van der Waals surface area (Å²) in [4.78, 5) is 25.7. The van der Waals surface area contributed by atoms with Gasteiger partial charge in [-0.25, -0.2) is 0 Å². The van der Waals surface area contributed by atoms with Gasteiger partial charge in [-0.1, -0.05) is 0 Å². The molecule has 1 aliphatic rings. The van der Waals surface area contributed by atoms with Crippen LogP contribution in [0.1, 0.15) is 10.6 Å². The first kappa shape index (κ1) is 13.8. The average molecular weight is 288 g/mol. The Morgan fingerprint density at radius 2 is 2.05 bits per heavy atom. The van der Waals surface area contributed by atoms with Crippen LogP contribution in [-0.4, -0.2) is 59.2 Å². The van der Waals surface area contributed by atoms with E-state index in [0.717, 1.165) is 19.6 Å². The maximum Gasteiger partial charge on any atom is 0.433 e. The highest BCUT2D eigenvalue weighted by molar-refractivity contribution is 6.18. The van der Waals surface area contributed by atoms with Crippen LogP contribution in [-0.2, 0) is 0 Å². The molecule has 0 radical (unpaired) electrons. The van der Waals surface area contributed by atoms with Crippen molar-refractivity contribution in [1.29, 1.82) is 0 Å². The van der Waals surface area contributed by atoms with E-state index in [1.54, 1.807) is 4.90 Å². The first-order valence-corrected chi connectivity index (χ1v) is 6.47. The van der Waals surface area contributed by atoms with Crippen molar-refractivity contribution in [2.75, 3.05) is 38.6 Å². The molecular weight excluding hydrogens is 274 g/mol. The molecule has 1 fully saturated rings. The summed E-state index contributed by atoms with van der Waals surface area (Å²) in [5.74, 6) is -0.140. The molecule has 1 saturated heterocycles. The van der Waals surface area contributed by atoms with Gasteiger partial charge in [0.25, 0.3) is 5.91 Å². The molecule has 0 atom stereocenters. The summed E-state index contributed by atoms with van der Waals surface area (Å²) >= 11 is 5.66. The molecule has 104 valence electrons. The third-order valence-electron chi connectivity index (χ3n) is 3.04. The third kappa shape index (κ3) is 3.24. The van der Waals surface area contributed by atoms with Gasteiger partial charge in [0.1, 0.15) is 4.92 Å². The van der Waals surface area contributed by atoms with Crippen LogP contribution < -0.4 is 0 Å². The van der Waals surface area contributed by atoms with E-state index in [2.05, 4.69) is 4.90 Å². The van der Waals surface area contributed by atoms with Crippen molar-refractivity contribution >= 4 is 23.4 Å². The quantitative estimate of drug-likeness (QED) is 0.472. The second-order valence-electron chi connectivity index (χ2n) is 4.22. The van der Waals surface area contributed by atoms with Crippen LogP contribution >= 0.6 is 11.6 Å². The Kier molecular flexibility index (Phi) is 4.39. The zero-order valence-corrected chi connectivity index (χ0v) is 11.0. The van der Waals surface area contributed by atoms with E-state index >= 15 is 0 Å². The second kappa shape index (κ2) is 6.03. The van der Waals surface area contributed by atoms with Gasteiger partial charge >= 0.3 is 5.88 Å². The second-order valence-corrected chi connectivity index (χ2v) is 4.60. The van der Waals surface area contributed by atoms with Crippen molar-refractivity contribution in [3.05, 3.63) is 28.0 Å². The molecular formula is C11H14ClN3O4. The smallest absolute Gasteiger partial charge is 0.395 e. The lowest BCUT2D eigenvalue weighted by atomic mass is 10.3. The third-order valence-corrected chi connectivity index (χ3v) is 3.21. The van der Waals surface area contributed by atoms with E-state index < -0.39 is 10.8 Å². The first-order chi connectivity index (χ1) is 9.11. The monoisotopic (exact) mass is 287 g/mol. The molecule has 8 heteroatoms. The highest BCUT2D eigenvalue weighted by Gasteiger charge is 2.25. The minimum atomic E-state index is -0.658. The van der Waals surface area contributed by atoms with E-state index in [-0.39, 0.29) is 11.7 Å². The molecule has 0 aromatic carbocycles. The molecule has 0 saturated carbocycles. The van der Waals surface area contributed by atoms with Gasteiger partial charge < -0.3 is 9.32 Å². The fourth-order valence-electron chi connectivity index (χ4n) is 1.99. The maximum atomic E-state index is 12.1. The van der Waals surface area contributed by atoms with E-state index in [1.165, 1.54) is 12.1 Å². The Balaban J connectivity index is 1.95. The number of nitrogens with zero attached hydrogens (tertiary/aromatic N) is 3. The molecule has 0 bridgehead atoms. The average Bonchev–Trinajstić information content (AvgIpc) is 2.89. The molecule has 1 aromatic heterocycles. The number of halogens is 1. The standard InChI is InChI=1S/C11H14ClN3O4/c12-3-4-13-5-7-14(8-6-13)11(16)9-1-2-10(19-9)15(17)18/h1-2H,3-8H2. The van der Waals surface area contributed by atoms with Crippen LogP contribution in [0.15, 0.2) is 16.5 Å². The van der Waals surface area contributed by atoms with Crippen molar-refractivity contribution in [3.8, 4) is 0 Å². The van der Waals surface area contributed by atoms with Gasteiger partial charge in [0.2, 0.25) is 0 Å². The molecule has 1 amide bonds. The SMILES string of the molecule is O=C(c1ccc([N+](=O)[O-])o1)N1CCN(CCCl)CC1. The summed E-state index contributed by atoms with van der Waals surface area (Å²) in [6.45, 7) is 3.45. The van der Waals surface area contributed by atoms with E-state index in [0.29, 0.717) is 19.0 Å². The number of furan rings is 1. The lowest BCUT2D eigenvalue weighted by molar-refractivity contribution is -0.402. The van der Waals surface area contributed by atoms with Crippen molar-refractivity contribution in [1.82, 2.24) is 9.80 Å². The molecule has 1 aliphatic heterocycles. The number of piperazine rings is 1. The fraction of sp³-hybridized carbons (Fsp3) is 0.545. The van der Waals surface area contributed by atoms with Crippen LogP contribution in [0.5, 0.6) is 0 Å². The van der Waals surface area contributed by atoms with E-state index in [9.17, 15) is 14.9 Å². The maximum absolute atomic E-state index is 12.1. The summed E-state index contributed by atoms with van der Waals surface area (Å²) in [6.07, 6.45) is 0. The predicted molar refractivity (Wildman–Crippen MR) is 68.4 cm³/mol. The predicted octanol–water partition coefficient (Wildman–Crippen LogP) is 1.18. The molecule has 0 spiro atoms. The number of alkyl halides is 1. The number of hydrogen-bond donors (Lipinski definition) is 0. The lowest BCUT2D eigenvalue weighted by Crippen LogP contribution is -2.49. The number of carbonyl (C=O) groups excluding carboxylic acids is 1. The minimum Gasteiger partial charge on any atom is -0.395 e. The lowest BCUT2D eigenvalue weighted by Gasteiger charge is -2.33. The van der Waals surface area contributed by atoms with Gasteiger partial charge in [-0.3, -0.25) is 19.8 Å². The number of nitro groups is 1. The molecule has 7 nitrogen and oxygen atoms in total. The number of carbonyl (C=O) groups is 1. The van der Waals surface area contributed by atoms with Crippen molar-refractivity contribution < 1.29 is 14.1 Å². The van der Waals surface area contributed by atoms with Gasteiger partial charge in [-0.15, -0.1) is 11.6 Å². The largest absolute Gasteiger partial charge is 0.433 e. The first-order valence-electron chi connectivity index (χ1n) is 5.93.